The minimum Gasteiger partial charge on any atom is -0.494 e. The highest BCUT2D eigenvalue weighted by molar-refractivity contribution is 5.33. The minimum absolute atomic E-state index is 0.104. The van der Waals surface area contributed by atoms with Crippen molar-refractivity contribution in [3.8, 4) is 5.75 Å². The van der Waals surface area contributed by atoms with Crippen LogP contribution in [-0.2, 0) is 0 Å². The molecule has 3 heteroatoms. The van der Waals surface area contributed by atoms with E-state index in [2.05, 4.69) is 24.4 Å². The highest BCUT2D eigenvalue weighted by atomic mass is 16.5. The molecule has 3 nitrogen and oxygen atoms in total. The lowest BCUT2D eigenvalue weighted by molar-refractivity contribution is 0.339. The van der Waals surface area contributed by atoms with Crippen LogP contribution in [0.2, 0.25) is 0 Å². The molecule has 1 aromatic rings. The van der Waals surface area contributed by atoms with Crippen molar-refractivity contribution in [1.82, 2.24) is 5.32 Å². The van der Waals surface area contributed by atoms with E-state index in [1.54, 1.807) is 0 Å². The first kappa shape index (κ1) is 12.4. The summed E-state index contributed by atoms with van der Waals surface area (Å²) in [5.41, 5.74) is 7.64. The fraction of sp³-hybridized carbons (Fsp3) is 0.571. The molecule has 2 unspecified atom stereocenters. The summed E-state index contributed by atoms with van der Waals surface area (Å²) in [6, 6.07) is 8.35. The Morgan fingerprint density at radius 2 is 2.06 bits per heavy atom. The van der Waals surface area contributed by atoms with E-state index in [0.29, 0.717) is 12.5 Å². The molecule has 0 aromatic heterocycles. The van der Waals surface area contributed by atoms with Crippen LogP contribution < -0.4 is 15.8 Å². The minimum atomic E-state index is -0.104. The average Bonchev–Trinajstić information content (AvgIpc) is 2.74. The van der Waals surface area contributed by atoms with E-state index < -0.39 is 0 Å². The van der Waals surface area contributed by atoms with Gasteiger partial charge in [0, 0.05) is 24.5 Å². The summed E-state index contributed by atoms with van der Waals surface area (Å²) in [4.78, 5) is 0. The van der Waals surface area contributed by atoms with Crippen molar-refractivity contribution < 1.29 is 4.74 Å². The summed E-state index contributed by atoms with van der Waals surface area (Å²) >= 11 is 0. The first-order chi connectivity index (χ1) is 8.19. The van der Waals surface area contributed by atoms with Crippen LogP contribution in [0.5, 0.6) is 5.75 Å². The quantitative estimate of drug-likeness (QED) is 0.836. The van der Waals surface area contributed by atoms with Gasteiger partial charge in [-0.05, 0) is 31.0 Å². The Hall–Kier alpha value is -1.06. The monoisotopic (exact) mass is 234 g/mol. The lowest BCUT2D eigenvalue weighted by Crippen LogP contribution is -2.45. The Morgan fingerprint density at radius 1 is 1.35 bits per heavy atom. The van der Waals surface area contributed by atoms with Gasteiger partial charge in [0.15, 0.2) is 0 Å². The van der Waals surface area contributed by atoms with Gasteiger partial charge in [-0.25, -0.2) is 0 Å². The maximum Gasteiger partial charge on any atom is 0.119 e. The smallest absolute Gasteiger partial charge is 0.119 e. The highest BCUT2D eigenvalue weighted by Crippen LogP contribution is 2.32. The van der Waals surface area contributed by atoms with Crippen molar-refractivity contribution >= 4 is 0 Å². The summed E-state index contributed by atoms with van der Waals surface area (Å²) in [7, 11) is 0. The molecule has 1 saturated heterocycles. The van der Waals surface area contributed by atoms with E-state index in [1.165, 1.54) is 5.56 Å². The van der Waals surface area contributed by atoms with Crippen LogP contribution >= 0.6 is 0 Å². The van der Waals surface area contributed by atoms with Gasteiger partial charge in [0.05, 0.1) is 6.61 Å². The van der Waals surface area contributed by atoms with Crippen molar-refractivity contribution in [1.29, 1.82) is 0 Å². The molecule has 2 atom stereocenters. The molecule has 1 aliphatic heterocycles. The normalized spacial score (nSPS) is 28.3. The number of hydrogen-bond donors (Lipinski definition) is 2. The van der Waals surface area contributed by atoms with Crippen LogP contribution in [0.15, 0.2) is 24.3 Å². The highest BCUT2D eigenvalue weighted by Gasteiger charge is 2.38. The standard InChI is InChI=1S/C14H22N2O/c1-3-14(15)10-16-9-13(14)11-5-7-12(8-6-11)17-4-2/h5-8,13,16H,3-4,9-10,15H2,1-2H3. The topological polar surface area (TPSA) is 47.3 Å². The number of benzene rings is 1. The molecule has 1 aromatic carbocycles. The van der Waals surface area contributed by atoms with Gasteiger partial charge in [-0.2, -0.15) is 0 Å². The van der Waals surface area contributed by atoms with Gasteiger partial charge in [-0.3, -0.25) is 0 Å². The van der Waals surface area contributed by atoms with Gasteiger partial charge >= 0.3 is 0 Å². The molecule has 1 fully saturated rings. The second kappa shape index (κ2) is 5.07. The summed E-state index contributed by atoms with van der Waals surface area (Å²) < 4.78 is 5.45. The lowest BCUT2D eigenvalue weighted by Gasteiger charge is -2.29. The Morgan fingerprint density at radius 3 is 2.65 bits per heavy atom. The van der Waals surface area contributed by atoms with Crippen LogP contribution in [0.4, 0.5) is 0 Å². The molecule has 0 amide bonds. The molecule has 2 rings (SSSR count). The SMILES string of the molecule is CCOc1ccc(C2CNCC2(N)CC)cc1. The zero-order valence-corrected chi connectivity index (χ0v) is 10.7. The molecule has 94 valence electrons. The fourth-order valence-corrected chi connectivity index (χ4v) is 2.56. The molecule has 0 radical (unpaired) electrons. The average molecular weight is 234 g/mol. The lowest BCUT2D eigenvalue weighted by atomic mass is 9.81. The first-order valence-corrected chi connectivity index (χ1v) is 6.42. The molecule has 3 N–H and O–H groups in total. The summed E-state index contributed by atoms with van der Waals surface area (Å²) in [6.45, 7) is 6.74. The molecule has 17 heavy (non-hydrogen) atoms. The Bertz CT molecular complexity index is 363. The van der Waals surface area contributed by atoms with Crippen molar-refractivity contribution in [2.45, 2.75) is 31.7 Å². The van der Waals surface area contributed by atoms with Crippen molar-refractivity contribution in [2.75, 3.05) is 19.7 Å². The molecule has 1 heterocycles. The predicted octanol–water partition coefficient (Wildman–Crippen LogP) is 1.88. The maximum absolute atomic E-state index is 6.44. The molecule has 0 spiro atoms. The van der Waals surface area contributed by atoms with Gasteiger partial charge in [-0.1, -0.05) is 19.1 Å². The molecule has 0 aliphatic carbocycles. The summed E-state index contributed by atoms with van der Waals surface area (Å²) in [5.74, 6) is 1.34. The van der Waals surface area contributed by atoms with Gasteiger partial charge in [-0.15, -0.1) is 0 Å². The third-order valence-electron chi connectivity index (χ3n) is 3.75. The first-order valence-electron chi connectivity index (χ1n) is 6.42. The van der Waals surface area contributed by atoms with Crippen LogP contribution in [0.3, 0.4) is 0 Å². The van der Waals surface area contributed by atoms with Crippen LogP contribution in [0.25, 0.3) is 0 Å². The molecule has 1 aliphatic rings. The number of nitrogens with one attached hydrogen (secondary N) is 1. The largest absolute Gasteiger partial charge is 0.494 e. The Kier molecular flexibility index (Phi) is 3.69. The van der Waals surface area contributed by atoms with Crippen LogP contribution in [-0.4, -0.2) is 25.2 Å². The number of rotatable bonds is 4. The zero-order valence-electron chi connectivity index (χ0n) is 10.7. The van der Waals surface area contributed by atoms with E-state index in [0.717, 1.165) is 25.3 Å². The maximum atomic E-state index is 6.44. The molecular formula is C14H22N2O. The third-order valence-corrected chi connectivity index (χ3v) is 3.75. The van der Waals surface area contributed by atoms with Gasteiger partial charge in [0.25, 0.3) is 0 Å². The number of ether oxygens (including phenoxy) is 1. The second-order valence-electron chi connectivity index (χ2n) is 4.77. The van der Waals surface area contributed by atoms with Crippen LogP contribution in [0.1, 0.15) is 31.7 Å². The van der Waals surface area contributed by atoms with Gasteiger partial charge in [0.1, 0.15) is 5.75 Å². The van der Waals surface area contributed by atoms with Crippen LogP contribution in [0, 0.1) is 0 Å². The summed E-state index contributed by atoms with van der Waals surface area (Å²) in [6.07, 6.45) is 0.998. The van der Waals surface area contributed by atoms with E-state index >= 15 is 0 Å². The van der Waals surface area contributed by atoms with Crippen molar-refractivity contribution in [3.63, 3.8) is 0 Å². The van der Waals surface area contributed by atoms with E-state index in [-0.39, 0.29) is 5.54 Å². The fourth-order valence-electron chi connectivity index (χ4n) is 2.56. The van der Waals surface area contributed by atoms with Gasteiger partial charge in [0.2, 0.25) is 0 Å². The Balaban J connectivity index is 2.16. The summed E-state index contributed by atoms with van der Waals surface area (Å²) in [5, 5.41) is 3.40. The van der Waals surface area contributed by atoms with E-state index in [4.69, 9.17) is 10.5 Å². The third kappa shape index (κ3) is 2.45. The zero-order chi connectivity index (χ0) is 12.3. The molecule has 0 bridgehead atoms. The Labute approximate surface area is 103 Å². The molecular weight excluding hydrogens is 212 g/mol. The molecule has 0 saturated carbocycles. The van der Waals surface area contributed by atoms with Gasteiger partial charge < -0.3 is 15.8 Å². The van der Waals surface area contributed by atoms with E-state index in [1.807, 2.05) is 19.1 Å². The predicted molar refractivity (Wildman–Crippen MR) is 70.4 cm³/mol. The van der Waals surface area contributed by atoms with Crippen molar-refractivity contribution in [3.05, 3.63) is 29.8 Å². The van der Waals surface area contributed by atoms with Crippen molar-refractivity contribution in [2.24, 2.45) is 5.73 Å². The second-order valence-corrected chi connectivity index (χ2v) is 4.77. The number of nitrogens with two attached hydrogens (primary N) is 1. The number of hydrogen-bond acceptors (Lipinski definition) is 3. The van der Waals surface area contributed by atoms with E-state index in [9.17, 15) is 0 Å².